The first kappa shape index (κ1) is 99.7. The van der Waals surface area contributed by atoms with E-state index in [1.165, 1.54) is 47.5 Å². The molecule has 6 N–H and O–H groups in total. The number of carbonyl (C=O) groups excluding carboxylic acids is 4. The van der Waals surface area contributed by atoms with Crippen LogP contribution in [0, 0.1) is 18.8 Å². The number of aryl methyl sites for hydroxylation is 1. The Morgan fingerprint density at radius 2 is 1.07 bits per heavy atom. The molecule has 0 aliphatic rings. The number of benzene rings is 2. The Hall–Kier alpha value is 4.16. The van der Waals surface area contributed by atoms with Gasteiger partial charge in [0.1, 0.15) is 11.0 Å². The largest absolute Gasteiger partial charge is 0.466 e. The Bertz CT molecular complexity index is 1940. The van der Waals surface area contributed by atoms with Crippen LogP contribution >= 0.6 is 179 Å². The molecular formula is C58H105I6N3O5S10. The van der Waals surface area contributed by atoms with Crippen LogP contribution < -0.4 is 17.2 Å². The number of nitrogens with two attached hydrogens (primary N) is 3. The average molecular weight is 2010 g/mol. The minimum Gasteiger partial charge on any atom is -0.466 e. The maximum Gasteiger partial charge on any atom is 0.305 e. The lowest BCUT2D eigenvalue weighted by Gasteiger charge is -2.22. The molecule has 2 aromatic carbocycles. The standard InChI is InChI=1S/C16H25NOS2.C13H25NO3S2.C9H12S2.C8H17NOS2.C3H5I3.C3H6I2.C3H7I.C3H8.S2/c1-5-20(19)15-9-7-6-8-13(15)10-14(18)16(17)12(4)11(2)3;1-5-17-12(16)8-6-7-11(15)10(14)9-18-19-13(2,3)4;1-3-11(10)9-7-5-4-6-8(9)2;1-6(10)7(9)5-11-12-8(2,3)4;1-2-3(4,5)6;1-2-3(4)5;1-2-3-4;1-3-2;1-2/h6-9,11-12,16H,5,10,17H2,1-4H3;10H,5-9,14H2,1-4H3;4-7H,3H2,1-2H3;7H,5,9H2,1-4H3;2H2,1H3;3H,2H2,1H3;2-3H2,1H3;3H2,1-2H3;/t12-,16+,20?;10-;;7-;;;;;/m10.0...../s1. The fourth-order valence-corrected chi connectivity index (χ4v) is 12.6. The molecule has 0 amide bonds. The smallest absolute Gasteiger partial charge is 0.305 e. The van der Waals surface area contributed by atoms with E-state index >= 15 is 0 Å². The van der Waals surface area contributed by atoms with Crippen molar-refractivity contribution in [2.24, 2.45) is 29.0 Å². The topological polar surface area (TPSA) is 156 Å². The van der Waals surface area contributed by atoms with Crippen molar-refractivity contribution in [1.82, 2.24) is 0 Å². The molecule has 82 heavy (non-hydrogen) atoms. The van der Waals surface area contributed by atoms with Crippen molar-refractivity contribution >= 4 is 266 Å². The zero-order valence-electron chi connectivity index (χ0n) is 52.6. The summed E-state index contributed by atoms with van der Waals surface area (Å²) in [6.07, 6.45) is 6.62. The van der Waals surface area contributed by atoms with Crippen molar-refractivity contribution in [3.05, 3.63) is 59.7 Å². The molecule has 484 valence electrons. The summed E-state index contributed by atoms with van der Waals surface area (Å²) in [6, 6.07) is 15.2. The number of carbonyl (C=O) groups is 4. The molecule has 24 heteroatoms. The molecule has 2 rings (SSSR count). The summed E-state index contributed by atoms with van der Waals surface area (Å²) in [4.78, 5) is 48.4. The van der Waals surface area contributed by atoms with Gasteiger partial charge in [0.2, 0.25) is 0 Å². The molecule has 6 atom stereocenters. The summed E-state index contributed by atoms with van der Waals surface area (Å²) in [5, 5.41) is 0. The summed E-state index contributed by atoms with van der Waals surface area (Å²) in [7, 11) is 6.60. The van der Waals surface area contributed by atoms with E-state index in [9.17, 15) is 19.2 Å². The Kier molecular flexibility index (Phi) is 77.7. The number of hydrogen-bond donors (Lipinski definition) is 3. The normalized spacial score (nSPS) is 12.9. The van der Waals surface area contributed by atoms with E-state index in [2.05, 4.69) is 293 Å². The number of halogens is 6. The van der Waals surface area contributed by atoms with Gasteiger partial charge in [-0.1, -0.05) is 351 Å². The molecule has 2 aromatic rings. The SMILES string of the molecule is CC(=O)[C@@H](N)CSSC(C)(C)C.CCC.CCC(I)(I)I.CCC(I)I.CCCI.CCOC(=O)CCCC(=O)[C@@H](N)CSSC(C)(C)C.CCS(=S)c1ccccc1C.CCS(=S)c1ccccc1CC(=O)[C@@H](N)[C@H](C)C(C)C.S=S. The van der Waals surface area contributed by atoms with Crippen molar-refractivity contribution in [2.75, 3.05) is 34.0 Å². The first-order valence-electron chi connectivity index (χ1n) is 27.5. The molecular weight excluding hydrogens is 1900 g/mol. The van der Waals surface area contributed by atoms with Gasteiger partial charge in [-0.25, -0.2) is 0 Å². The van der Waals surface area contributed by atoms with Gasteiger partial charge in [-0.15, -0.1) is 0 Å². The van der Waals surface area contributed by atoms with E-state index in [1.807, 2.05) is 31.2 Å². The Morgan fingerprint density at radius 3 is 1.41 bits per heavy atom. The fourth-order valence-electron chi connectivity index (χ4n) is 4.61. The van der Waals surface area contributed by atoms with Gasteiger partial charge in [0.15, 0.2) is 5.78 Å². The summed E-state index contributed by atoms with van der Waals surface area (Å²) < 4.78 is 7.76. The first-order valence-corrected chi connectivity index (χ1v) is 45.3. The number of ether oxygens (including phenoxy) is 1. The number of ketones is 3. The second kappa shape index (κ2) is 63.9. The van der Waals surface area contributed by atoms with Gasteiger partial charge >= 0.3 is 5.97 Å². The molecule has 0 heterocycles. The first-order chi connectivity index (χ1) is 37.9. The average Bonchev–Trinajstić information content (AvgIpc) is 3.41. The van der Waals surface area contributed by atoms with Crippen LogP contribution in [0.2, 0.25) is 0 Å². The highest BCUT2D eigenvalue weighted by molar-refractivity contribution is 14.3. The van der Waals surface area contributed by atoms with Crippen LogP contribution in [0.25, 0.3) is 0 Å². The van der Waals surface area contributed by atoms with Crippen molar-refractivity contribution < 1.29 is 23.9 Å². The highest BCUT2D eigenvalue weighted by Crippen LogP contribution is 2.38. The molecule has 0 saturated carbocycles. The fraction of sp³-hybridized carbons (Fsp3) is 0.724. The van der Waals surface area contributed by atoms with Crippen molar-refractivity contribution in [3.8, 4) is 0 Å². The van der Waals surface area contributed by atoms with Gasteiger partial charge in [0.25, 0.3) is 0 Å². The number of Topliss-reactive ketones (excluding diaryl/α,β-unsaturated/α-hetero) is 3. The van der Waals surface area contributed by atoms with Crippen LogP contribution in [-0.4, -0.2) is 86.4 Å². The van der Waals surface area contributed by atoms with Crippen LogP contribution in [0.3, 0.4) is 0 Å². The maximum absolute atomic E-state index is 12.4. The molecule has 0 radical (unpaired) electrons. The molecule has 2 unspecified atom stereocenters. The number of esters is 1. The van der Waals surface area contributed by atoms with Crippen molar-refractivity contribution in [2.45, 2.75) is 222 Å². The number of hydrogen-bond acceptors (Lipinski definition) is 16. The van der Waals surface area contributed by atoms with Crippen LogP contribution in [0.4, 0.5) is 0 Å². The van der Waals surface area contributed by atoms with E-state index in [4.69, 9.17) is 44.3 Å². The van der Waals surface area contributed by atoms with E-state index in [0.29, 0.717) is 42.7 Å². The molecule has 0 saturated heterocycles. The van der Waals surface area contributed by atoms with E-state index < -0.39 is 12.1 Å². The van der Waals surface area contributed by atoms with Crippen LogP contribution in [0.5, 0.6) is 0 Å². The summed E-state index contributed by atoms with van der Waals surface area (Å²) >= 11 is 32.5. The van der Waals surface area contributed by atoms with Crippen LogP contribution in [0.1, 0.15) is 181 Å². The van der Waals surface area contributed by atoms with Gasteiger partial charge in [0, 0.05) is 72.4 Å². The van der Waals surface area contributed by atoms with Crippen molar-refractivity contribution in [1.29, 1.82) is 0 Å². The zero-order valence-corrected chi connectivity index (χ0v) is 73.7. The van der Waals surface area contributed by atoms with Gasteiger partial charge in [-0.05, 0) is 120 Å². The third-order valence-corrected chi connectivity index (χ3v) is 26.7. The molecule has 0 aromatic heterocycles. The highest BCUT2D eigenvalue weighted by Gasteiger charge is 2.24. The van der Waals surface area contributed by atoms with Crippen LogP contribution in [-0.2, 0) is 94.0 Å². The van der Waals surface area contributed by atoms with Crippen molar-refractivity contribution in [3.63, 3.8) is 0 Å². The molecule has 0 spiro atoms. The predicted molar refractivity (Wildman–Crippen MR) is 444 cm³/mol. The van der Waals surface area contributed by atoms with Gasteiger partial charge < -0.3 is 21.9 Å². The Balaban J connectivity index is -0.000000167. The van der Waals surface area contributed by atoms with Gasteiger partial charge in [-0.2, -0.15) is 0 Å². The maximum atomic E-state index is 12.4. The minimum absolute atomic E-state index is 0.0197. The molecule has 0 bridgehead atoms. The Labute approximate surface area is 624 Å². The van der Waals surface area contributed by atoms with E-state index in [-0.39, 0.29) is 70.1 Å². The molecule has 0 aliphatic carbocycles. The summed E-state index contributed by atoms with van der Waals surface area (Å²) in [6.45, 7) is 39.9. The van der Waals surface area contributed by atoms with E-state index in [0.717, 1.165) is 23.9 Å². The number of alkyl halides is 6. The quantitative estimate of drug-likeness (QED) is 0.0373. The molecule has 0 aliphatic heterocycles. The summed E-state index contributed by atoms with van der Waals surface area (Å²) in [5.41, 5.74) is 19.9. The van der Waals surface area contributed by atoms with E-state index in [1.54, 1.807) is 50.1 Å². The third-order valence-electron chi connectivity index (χ3n) is 9.49. The number of rotatable bonds is 25. The van der Waals surface area contributed by atoms with Gasteiger partial charge in [-0.3, -0.25) is 19.2 Å². The zero-order chi connectivity index (χ0) is 65.8. The third kappa shape index (κ3) is 70.0. The molecule has 0 fully saturated rings. The van der Waals surface area contributed by atoms with Gasteiger partial charge in [0.05, 0.1) is 26.7 Å². The lowest BCUT2D eigenvalue weighted by molar-refractivity contribution is -0.143. The lowest BCUT2D eigenvalue weighted by Crippen LogP contribution is -2.40. The van der Waals surface area contributed by atoms with Crippen LogP contribution in [0.15, 0.2) is 58.3 Å². The lowest BCUT2D eigenvalue weighted by atomic mass is 9.87. The highest BCUT2D eigenvalue weighted by atomic mass is 127. The second-order valence-electron chi connectivity index (χ2n) is 20.0. The summed E-state index contributed by atoms with van der Waals surface area (Å²) in [5.74, 6) is 3.87. The minimum atomic E-state index is -0.443. The molecule has 8 nitrogen and oxygen atoms in total. The second-order valence-corrected chi connectivity index (χ2v) is 50.3. The predicted octanol–water partition coefficient (Wildman–Crippen LogP) is 19.4. The monoisotopic (exact) mass is 2000 g/mol. The Morgan fingerprint density at radius 1 is 0.683 bits per heavy atom.